The van der Waals surface area contributed by atoms with Crippen molar-refractivity contribution in [2.45, 2.75) is 11.0 Å². The standard InChI is InChI=1S/C17H19ClN4O4S2/c18-12-7-14(9-20-8-12)26-11-15-10-22(5-6-25-15)17(27)21-13-1-3-16(4-2-13)28(19,23)24/h1-4,7-9,15H,5-6,10-11H2,(H,21,27)(H2,19,23,24). The third-order valence-corrected chi connectivity index (χ3v) is 5.47. The molecule has 1 aliphatic heterocycles. The summed E-state index contributed by atoms with van der Waals surface area (Å²) in [6, 6.07) is 7.76. The Balaban J connectivity index is 1.54. The Labute approximate surface area is 173 Å². The maximum Gasteiger partial charge on any atom is 0.238 e. The van der Waals surface area contributed by atoms with Crippen molar-refractivity contribution in [3.8, 4) is 5.75 Å². The maximum absolute atomic E-state index is 11.3. The molecule has 8 nitrogen and oxygen atoms in total. The van der Waals surface area contributed by atoms with Gasteiger partial charge in [-0.15, -0.1) is 0 Å². The number of nitrogens with one attached hydrogen (secondary N) is 1. The van der Waals surface area contributed by atoms with Crippen LogP contribution >= 0.6 is 23.8 Å². The summed E-state index contributed by atoms with van der Waals surface area (Å²) >= 11 is 11.4. The van der Waals surface area contributed by atoms with Gasteiger partial charge in [0.1, 0.15) is 18.5 Å². The Hall–Kier alpha value is -1.98. The molecular formula is C17H19ClN4O4S2. The molecule has 1 aromatic carbocycles. The number of benzene rings is 1. The zero-order valence-corrected chi connectivity index (χ0v) is 17.1. The van der Waals surface area contributed by atoms with Crippen molar-refractivity contribution in [2.75, 3.05) is 31.6 Å². The van der Waals surface area contributed by atoms with Crippen LogP contribution in [-0.4, -0.2) is 55.8 Å². The highest BCUT2D eigenvalue weighted by Crippen LogP contribution is 2.17. The SMILES string of the molecule is NS(=O)(=O)c1ccc(NC(=S)N2CCOC(COc3cncc(Cl)c3)C2)cc1. The maximum atomic E-state index is 11.3. The van der Waals surface area contributed by atoms with Gasteiger partial charge in [0, 0.05) is 31.0 Å². The average molecular weight is 443 g/mol. The number of halogens is 1. The molecule has 1 aliphatic rings. The second-order valence-corrected chi connectivity index (χ2v) is 8.47. The fourth-order valence-corrected chi connectivity index (χ4v) is 3.56. The van der Waals surface area contributed by atoms with Crippen LogP contribution in [0.4, 0.5) is 5.69 Å². The van der Waals surface area contributed by atoms with Crippen molar-refractivity contribution in [2.24, 2.45) is 5.14 Å². The molecule has 1 unspecified atom stereocenters. The highest BCUT2D eigenvalue weighted by molar-refractivity contribution is 7.89. The molecule has 0 bridgehead atoms. The third-order valence-electron chi connectivity index (χ3n) is 3.98. The molecule has 2 heterocycles. The van der Waals surface area contributed by atoms with E-state index in [2.05, 4.69) is 10.3 Å². The minimum atomic E-state index is -3.72. The first kappa shape index (κ1) is 20.7. The fraction of sp³-hybridized carbons (Fsp3) is 0.294. The minimum absolute atomic E-state index is 0.0445. The van der Waals surface area contributed by atoms with Gasteiger partial charge in [-0.05, 0) is 36.5 Å². The lowest BCUT2D eigenvalue weighted by molar-refractivity contribution is -0.0280. The molecule has 1 atom stereocenters. The lowest BCUT2D eigenvalue weighted by Crippen LogP contribution is -2.49. The van der Waals surface area contributed by atoms with E-state index in [1.165, 1.54) is 18.3 Å². The monoisotopic (exact) mass is 442 g/mol. The van der Waals surface area contributed by atoms with Crippen LogP contribution in [0.1, 0.15) is 0 Å². The van der Waals surface area contributed by atoms with E-state index in [-0.39, 0.29) is 11.0 Å². The van der Waals surface area contributed by atoms with E-state index >= 15 is 0 Å². The Morgan fingerprint density at radius 2 is 2.14 bits per heavy atom. The van der Waals surface area contributed by atoms with E-state index in [0.29, 0.717) is 47.9 Å². The molecule has 1 aromatic heterocycles. The summed E-state index contributed by atoms with van der Waals surface area (Å²) in [5, 5.41) is 9.21. The van der Waals surface area contributed by atoms with E-state index in [9.17, 15) is 8.42 Å². The number of morpholine rings is 1. The Bertz CT molecular complexity index is 940. The van der Waals surface area contributed by atoms with Gasteiger partial charge in [-0.2, -0.15) is 0 Å². The number of ether oxygens (including phenoxy) is 2. The van der Waals surface area contributed by atoms with E-state index in [1.54, 1.807) is 24.4 Å². The molecule has 28 heavy (non-hydrogen) atoms. The number of primary sulfonamides is 1. The van der Waals surface area contributed by atoms with Crippen molar-refractivity contribution >= 4 is 44.6 Å². The second-order valence-electron chi connectivity index (χ2n) is 6.09. The van der Waals surface area contributed by atoms with Crippen LogP contribution in [0.25, 0.3) is 0 Å². The van der Waals surface area contributed by atoms with Gasteiger partial charge < -0.3 is 19.7 Å². The van der Waals surface area contributed by atoms with Crippen molar-refractivity contribution in [3.63, 3.8) is 0 Å². The zero-order chi connectivity index (χ0) is 20.1. The molecule has 150 valence electrons. The summed E-state index contributed by atoms with van der Waals surface area (Å²) in [7, 11) is -3.72. The van der Waals surface area contributed by atoms with Crippen molar-refractivity contribution in [3.05, 3.63) is 47.7 Å². The van der Waals surface area contributed by atoms with E-state index < -0.39 is 10.0 Å². The van der Waals surface area contributed by atoms with Gasteiger partial charge in [0.2, 0.25) is 10.0 Å². The number of nitrogens with zero attached hydrogens (tertiary/aromatic N) is 2. The van der Waals surface area contributed by atoms with Crippen LogP contribution < -0.4 is 15.2 Å². The predicted octanol–water partition coefficient (Wildman–Crippen LogP) is 1.86. The van der Waals surface area contributed by atoms with Gasteiger partial charge in [-0.25, -0.2) is 13.6 Å². The second kappa shape index (κ2) is 9.01. The smallest absolute Gasteiger partial charge is 0.238 e. The van der Waals surface area contributed by atoms with Crippen LogP contribution in [0, 0.1) is 0 Å². The largest absolute Gasteiger partial charge is 0.489 e. The van der Waals surface area contributed by atoms with Crippen molar-refractivity contribution in [1.29, 1.82) is 0 Å². The molecule has 1 fully saturated rings. The number of rotatable bonds is 5. The number of hydrogen-bond acceptors (Lipinski definition) is 6. The molecule has 11 heteroatoms. The zero-order valence-electron chi connectivity index (χ0n) is 14.7. The molecule has 2 aromatic rings. The third kappa shape index (κ3) is 5.76. The quantitative estimate of drug-likeness (QED) is 0.676. The molecule has 3 rings (SSSR count). The van der Waals surface area contributed by atoms with Crippen LogP contribution in [0.15, 0.2) is 47.6 Å². The first-order valence-corrected chi connectivity index (χ1v) is 10.7. The average Bonchev–Trinajstić information content (AvgIpc) is 2.66. The number of anilines is 1. The predicted molar refractivity (Wildman–Crippen MR) is 110 cm³/mol. The highest BCUT2D eigenvalue weighted by atomic mass is 35.5. The van der Waals surface area contributed by atoms with Gasteiger partial charge in [-0.1, -0.05) is 11.6 Å². The van der Waals surface area contributed by atoms with Gasteiger partial charge in [0.25, 0.3) is 0 Å². The number of pyridine rings is 1. The van der Waals surface area contributed by atoms with Crippen LogP contribution in [0.3, 0.4) is 0 Å². The number of aromatic nitrogens is 1. The molecule has 0 radical (unpaired) electrons. The fourth-order valence-electron chi connectivity index (χ4n) is 2.60. The summed E-state index contributed by atoms with van der Waals surface area (Å²) in [6.07, 6.45) is 2.95. The molecule has 0 aliphatic carbocycles. The minimum Gasteiger partial charge on any atom is -0.489 e. The Morgan fingerprint density at radius 1 is 1.39 bits per heavy atom. The molecule has 0 saturated carbocycles. The van der Waals surface area contributed by atoms with Gasteiger partial charge >= 0.3 is 0 Å². The Kier molecular flexibility index (Phi) is 6.68. The summed E-state index contributed by atoms with van der Waals surface area (Å²) in [6.45, 7) is 2.03. The van der Waals surface area contributed by atoms with Gasteiger partial charge in [0.15, 0.2) is 5.11 Å². The summed E-state index contributed by atoms with van der Waals surface area (Å²) in [4.78, 5) is 5.99. The molecule has 0 amide bonds. The lowest BCUT2D eigenvalue weighted by Gasteiger charge is -2.34. The summed E-state index contributed by atoms with van der Waals surface area (Å²) < 4.78 is 34.1. The van der Waals surface area contributed by atoms with Crippen LogP contribution in [0.5, 0.6) is 5.75 Å². The van der Waals surface area contributed by atoms with Crippen molar-refractivity contribution < 1.29 is 17.9 Å². The number of nitrogens with two attached hydrogens (primary N) is 1. The summed E-state index contributed by atoms with van der Waals surface area (Å²) in [5.41, 5.74) is 0.668. The van der Waals surface area contributed by atoms with E-state index in [0.717, 1.165) is 0 Å². The van der Waals surface area contributed by atoms with Crippen molar-refractivity contribution in [1.82, 2.24) is 9.88 Å². The number of thiocarbonyl (C=S) groups is 1. The molecule has 0 spiro atoms. The van der Waals surface area contributed by atoms with E-state index in [1.807, 2.05) is 4.90 Å². The molecule has 3 N–H and O–H groups in total. The number of sulfonamides is 1. The topological polar surface area (TPSA) is 107 Å². The van der Waals surface area contributed by atoms with E-state index in [4.69, 9.17) is 38.4 Å². The lowest BCUT2D eigenvalue weighted by atomic mass is 10.3. The molecular weight excluding hydrogens is 424 g/mol. The van der Waals surface area contributed by atoms with Gasteiger partial charge in [0.05, 0.1) is 22.7 Å². The Morgan fingerprint density at radius 3 is 2.82 bits per heavy atom. The normalized spacial score (nSPS) is 17.2. The van der Waals surface area contributed by atoms with Gasteiger partial charge in [-0.3, -0.25) is 4.98 Å². The molecule has 1 saturated heterocycles. The number of hydrogen-bond donors (Lipinski definition) is 2. The summed E-state index contributed by atoms with van der Waals surface area (Å²) in [5.74, 6) is 0.573. The van der Waals surface area contributed by atoms with Crippen LogP contribution in [0.2, 0.25) is 5.02 Å². The first-order chi connectivity index (χ1) is 13.3. The highest BCUT2D eigenvalue weighted by Gasteiger charge is 2.23. The first-order valence-electron chi connectivity index (χ1n) is 8.35. The van der Waals surface area contributed by atoms with Crippen LogP contribution in [-0.2, 0) is 14.8 Å².